The zero-order valence-corrected chi connectivity index (χ0v) is 21.6. The summed E-state index contributed by atoms with van der Waals surface area (Å²) in [5.41, 5.74) is 4.94. The van der Waals surface area contributed by atoms with Gasteiger partial charge in [-0.15, -0.1) is 0 Å². The first kappa shape index (κ1) is 24.2. The SMILES string of the molecule is CCc1ccc(C2CC(c3ccccc3)=NN2C2=NC(=O)C(CC(=O)Nc3ccc4c(c3)OCO4)S2)cc1. The summed E-state index contributed by atoms with van der Waals surface area (Å²) < 4.78 is 10.7. The van der Waals surface area contributed by atoms with Gasteiger partial charge in [-0.05, 0) is 35.2 Å². The maximum Gasteiger partial charge on any atom is 0.262 e. The lowest BCUT2D eigenvalue weighted by molar-refractivity contribution is -0.121. The van der Waals surface area contributed by atoms with Crippen LogP contribution >= 0.6 is 11.8 Å². The maximum atomic E-state index is 12.9. The lowest BCUT2D eigenvalue weighted by atomic mass is 9.97. The van der Waals surface area contributed by atoms with E-state index < -0.39 is 5.25 Å². The minimum atomic E-state index is -0.613. The topological polar surface area (TPSA) is 92.6 Å². The molecule has 0 saturated carbocycles. The highest BCUT2D eigenvalue weighted by Gasteiger charge is 2.39. The monoisotopic (exact) mass is 526 g/mol. The van der Waals surface area contributed by atoms with Gasteiger partial charge in [0.25, 0.3) is 5.91 Å². The summed E-state index contributed by atoms with van der Waals surface area (Å²) in [7, 11) is 0. The molecule has 3 aliphatic heterocycles. The van der Waals surface area contributed by atoms with E-state index >= 15 is 0 Å². The van der Waals surface area contributed by atoms with Gasteiger partial charge in [0.05, 0.1) is 11.8 Å². The molecule has 0 radical (unpaired) electrons. The molecule has 192 valence electrons. The van der Waals surface area contributed by atoms with Crippen molar-refractivity contribution in [3.63, 3.8) is 0 Å². The number of ether oxygens (including phenoxy) is 2. The Kier molecular flexibility index (Phi) is 6.59. The summed E-state index contributed by atoms with van der Waals surface area (Å²) in [4.78, 5) is 30.0. The summed E-state index contributed by atoms with van der Waals surface area (Å²) in [6, 6.07) is 23.7. The average molecular weight is 527 g/mol. The average Bonchev–Trinajstić information content (AvgIpc) is 3.68. The Balaban J connectivity index is 1.18. The summed E-state index contributed by atoms with van der Waals surface area (Å²) in [5, 5.41) is 9.51. The van der Waals surface area contributed by atoms with E-state index in [1.54, 1.807) is 18.2 Å². The van der Waals surface area contributed by atoms with Crippen molar-refractivity contribution in [2.75, 3.05) is 12.1 Å². The Bertz CT molecular complexity index is 1440. The molecule has 8 nitrogen and oxygen atoms in total. The van der Waals surface area contributed by atoms with Crippen molar-refractivity contribution in [2.24, 2.45) is 10.1 Å². The van der Waals surface area contributed by atoms with Crippen molar-refractivity contribution in [3.05, 3.63) is 89.5 Å². The number of hydrogen-bond acceptors (Lipinski definition) is 7. The van der Waals surface area contributed by atoms with Crippen LogP contribution in [0.2, 0.25) is 0 Å². The molecule has 0 aromatic heterocycles. The van der Waals surface area contributed by atoms with Crippen molar-refractivity contribution in [3.8, 4) is 11.5 Å². The number of aliphatic imine (C=N–C) groups is 1. The Morgan fingerprint density at radius 3 is 2.63 bits per heavy atom. The molecule has 6 rings (SSSR count). The van der Waals surface area contributed by atoms with Crippen LogP contribution in [0.4, 0.5) is 5.69 Å². The molecule has 3 aromatic rings. The summed E-state index contributed by atoms with van der Waals surface area (Å²) in [5.74, 6) is 0.628. The standard InChI is InChI=1S/C29H26N4O4S/c1-2-18-8-10-20(11-9-18)23-15-22(19-6-4-3-5-7-19)32-33(23)29-31-28(35)26(38-29)16-27(34)30-21-12-13-24-25(14-21)37-17-36-24/h3-14,23,26H,2,15-17H2,1H3,(H,30,34). The van der Waals surface area contributed by atoms with Gasteiger partial charge >= 0.3 is 0 Å². The highest BCUT2D eigenvalue weighted by atomic mass is 32.2. The number of fused-ring (bicyclic) bond motifs is 1. The maximum absolute atomic E-state index is 12.9. The van der Waals surface area contributed by atoms with Gasteiger partial charge in [0.15, 0.2) is 16.7 Å². The van der Waals surface area contributed by atoms with Gasteiger partial charge < -0.3 is 14.8 Å². The number of anilines is 1. The number of thioether (sulfide) groups is 1. The largest absolute Gasteiger partial charge is 0.454 e. The van der Waals surface area contributed by atoms with Crippen LogP contribution in [-0.4, -0.2) is 39.7 Å². The van der Waals surface area contributed by atoms with Crippen molar-refractivity contribution in [1.29, 1.82) is 0 Å². The Labute approximate surface area is 224 Å². The molecule has 0 fully saturated rings. The number of carbonyl (C=O) groups excluding carboxylic acids is 2. The van der Waals surface area contributed by atoms with Crippen molar-refractivity contribution >= 4 is 40.1 Å². The van der Waals surface area contributed by atoms with Crippen LogP contribution in [0.1, 0.15) is 42.5 Å². The second kappa shape index (κ2) is 10.3. The lowest BCUT2D eigenvalue weighted by Crippen LogP contribution is -2.25. The van der Waals surface area contributed by atoms with Gasteiger partial charge in [-0.1, -0.05) is 73.3 Å². The first-order valence-electron chi connectivity index (χ1n) is 12.6. The predicted octanol–water partition coefficient (Wildman–Crippen LogP) is 5.16. The fourth-order valence-electron chi connectivity index (χ4n) is 4.69. The van der Waals surface area contributed by atoms with Gasteiger partial charge in [-0.2, -0.15) is 10.1 Å². The van der Waals surface area contributed by atoms with Crippen LogP contribution < -0.4 is 14.8 Å². The molecule has 0 bridgehead atoms. The minimum Gasteiger partial charge on any atom is -0.454 e. The van der Waals surface area contributed by atoms with Crippen LogP contribution in [0.15, 0.2) is 82.9 Å². The molecule has 0 aliphatic carbocycles. The molecule has 0 saturated heterocycles. The molecular formula is C29H26N4O4S. The summed E-state index contributed by atoms with van der Waals surface area (Å²) in [6.07, 6.45) is 1.66. The number of benzene rings is 3. The van der Waals surface area contributed by atoms with Gasteiger partial charge in [-0.3, -0.25) is 9.59 Å². The zero-order valence-electron chi connectivity index (χ0n) is 20.8. The van der Waals surface area contributed by atoms with E-state index in [1.165, 1.54) is 17.3 Å². The normalized spacial score (nSPS) is 19.9. The molecule has 0 spiro atoms. The fraction of sp³-hybridized carbons (Fsp3) is 0.241. The van der Waals surface area contributed by atoms with Crippen LogP contribution in [-0.2, 0) is 16.0 Å². The van der Waals surface area contributed by atoms with Gasteiger partial charge in [0.1, 0.15) is 5.25 Å². The lowest BCUT2D eigenvalue weighted by Gasteiger charge is -2.23. The molecule has 3 heterocycles. The molecule has 1 N–H and O–H groups in total. The van der Waals surface area contributed by atoms with E-state index in [4.69, 9.17) is 14.6 Å². The van der Waals surface area contributed by atoms with Gasteiger partial charge in [0, 0.05) is 24.6 Å². The van der Waals surface area contributed by atoms with Gasteiger partial charge in [0.2, 0.25) is 12.7 Å². The summed E-state index contributed by atoms with van der Waals surface area (Å²) >= 11 is 1.29. The van der Waals surface area contributed by atoms with Crippen LogP contribution in [0.5, 0.6) is 11.5 Å². The molecule has 38 heavy (non-hydrogen) atoms. The zero-order chi connectivity index (χ0) is 26.1. The second-order valence-electron chi connectivity index (χ2n) is 9.23. The fourth-order valence-corrected chi connectivity index (χ4v) is 5.75. The first-order valence-corrected chi connectivity index (χ1v) is 13.4. The van der Waals surface area contributed by atoms with Crippen molar-refractivity contribution in [1.82, 2.24) is 5.01 Å². The third kappa shape index (κ3) is 4.89. The Morgan fingerprint density at radius 1 is 1.05 bits per heavy atom. The molecule has 2 atom stereocenters. The molecule has 9 heteroatoms. The number of hydrazone groups is 1. The number of aryl methyl sites for hydroxylation is 1. The second-order valence-corrected chi connectivity index (χ2v) is 10.4. The molecule has 3 aliphatic rings. The third-order valence-electron chi connectivity index (χ3n) is 6.74. The number of nitrogens with one attached hydrogen (secondary N) is 1. The van der Waals surface area contributed by atoms with E-state index in [0.717, 1.165) is 23.3 Å². The number of amides is 2. The van der Waals surface area contributed by atoms with E-state index in [2.05, 4.69) is 41.5 Å². The van der Waals surface area contributed by atoms with Gasteiger partial charge in [-0.25, -0.2) is 5.01 Å². The number of nitrogens with zero attached hydrogens (tertiary/aromatic N) is 3. The third-order valence-corrected chi connectivity index (χ3v) is 7.88. The van der Waals surface area contributed by atoms with Crippen LogP contribution in [0, 0.1) is 0 Å². The van der Waals surface area contributed by atoms with E-state index in [-0.39, 0.29) is 31.1 Å². The van der Waals surface area contributed by atoms with Crippen molar-refractivity contribution in [2.45, 2.75) is 37.5 Å². The number of amidine groups is 1. The quantitative estimate of drug-likeness (QED) is 0.477. The Morgan fingerprint density at radius 2 is 1.84 bits per heavy atom. The minimum absolute atomic E-state index is 0.00387. The smallest absolute Gasteiger partial charge is 0.262 e. The Hall–Kier alpha value is -4.11. The highest BCUT2D eigenvalue weighted by Crippen LogP contribution is 2.39. The van der Waals surface area contributed by atoms with E-state index in [9.17, 15) is 9.59 Å². The van der Waals surface area contributed by atoms with Crippen molar-refractivity contribution < 1.29 is 19.1 Å². The molecule has 2 unspecified atom stereocenters. The summed E-state index contributed by atoms with van der Waals surface area (Å²) in [6.45, 7) is 2.29. The van der Waals surface area contributed by atoms with E-state index in [0.29, 0.717) is 28.8 Å². The molecular weight excluding hydrogens is 500 g/mol. The number of carbonyl (C=O) groups is 2. The van der Waals surface area contributed by atoms with E-state index in [1.807, 2.05) is 35.3 Å². The van der Waals surface area contributed by atoms with Crippen LogP contribution in [0.25, 0.3) is 0 Å². The number of hydrogen-bond donors (Lipinski definition) is 1. The molecule has 2 amide bonds. The highest BCUT2D eigenvalue weighted by molar-refractivity contribution is 8.15. The predicted molar refractivity (Wildman–Crippen MR) is 148 cm³/mol. The van der Waals surface area contributed by atoms with Crippen LogP contribution in [0.3, 0.4) is 0 Å². The first-order chi connectivity index (χ1) is 18.6. The molecule has 3 aromatic carbocycles. The number of rotatable bonds is 6.